The highest BCUT2D eigenvalue weighted by atomic mass is 32.2. The Morgan fingerprint density at radius 2 is 1.79 bits per heavy atom. The molecule has 0 radical (unpaired) electrons. The molecule has 5 rings (SSSR count). The van der Waals surface area contributed by atoms with E-state index in [9.17, 15) is 18.0 Å². The summed E-state index contributed by atoms with van der Waals surface area (Å²) in [6.07, 6.45) is 2.49. The second-order valence-corrected chi connectivity index (χ2v) is 12.2. The lowest BCUT2D eigenvalue weighted by Crippen LogP contribution is -2.49. The number of piperidine rings is 1. The number of sulfonamides is 1. The van der Waals surface area contributed by atoms with Crippen LogP contribution in [0, 0.1) is 0 Å². The summed E-state index contributed by atoms with van der Waals surface area (Å²) in [7, 11) is -3.14. The number of ether oxygens (including phenoxy) is 1. The van der Waals surface area contributed by atoms with Crippen molar-refractivity contribution < 1.29 is 22.7 Å². The first-order valence-electron chi connectivity index (χ1n) is 12.9. The van der Waals surface area contributed by atoms with E-state index >= 15 is 0 Å². The molecule has 10 heteroatoms. The number of hydrogen-bond donors (Lipinski definition) is 1. The Kier molecular flexibility index (Phi) is 7.30. The van der Waals surface area contributed by atoms with Crippen LogP contribution in [0.5, 0.6) is 5.75 Å². The maximum atomic E-state index is 13.1. The molecule has 3 aliphatic rings. The quantitative estimate of drug-likeness (QED) is 0.582. The molecule has 2 amide bonds. The molecule has 2 aromatic rings. The summed E-state index contributed by atoms with van der Waals surface area (Å²) >= 11 is 0. The van der Waals surface area contributed by atoms with Crippen LogP contribution in [0.2, 0.25) is 0 Å². The minimum atomic E-state index is -3.14. The number of allylic oxidation sites excluding steroid dienone is 1. The van der Waals surface area contributed by atoms with Gasteiger partial charge < -0.3 is 15.0 Å². The van der Waals surface area contributed by atoms with Gasteiger partial charge in [0.05, 0.1) is 12.8 Å². The first kappa shape index (κ1) is 26.4. The molecule has 0 spiro atoms. The highest BCUT2D eigenvalue weighted by Crippen LogP contribution is 2.34. The van der Waals surface area contributed by atoms with Crippen LogP contribution >= 0.6 is 0 Å². The summed E-state index contributed by atoms with van der Waals surface area (Å²) in [6, 6.07) is 13.4. The Balaban J connectivity index is 1.20. The zero-order valence-electron chi connectivity index (χ0n) is 21.9. The van der Waals surface area contributed by atoms with E-state index in [4.69, 9.17) is 4.74 Å². The minimum Gasteiger partial charge on any atom is -0.489 e. The maximum Gasteiger partial charge on any atom is 0.255 e. The summed E-state index contributed by atoms with van der Waals surface area (Å²) in [6.45, 7) is 9.08. The van der Waals surface area contributed by atoms with Crippen molar-refractivity contribution >= 4 is 21.8 Å². The Morgan fingerprint density at radius 3 is 2.45 bits per heavy atom. The van der Waals surface area contributed by atoms with Gasteiger partial charge in [-0.05, 0) is 43.0 Å². The number of fused-ring (bicyclic) bond motifs is 1. The molecule has 2 saturated heterocycles. The number of nitrogens with one attached hydrogen (secondary N) is 1. The first-order chi connectivity index (χ1) is 18.1. The topological polar surface area (TPSA) is 99.3 Å². The highest BCUT2D eigenvalue weighted by Gasteiger charge is 2.39. The van der Waals surface area contributed by atoms with Gasteiger partial charge in [0.25, 0.3) is 5.91 Å². The van der Waals surface area contributed by atoms with Crippen molar-refractivity contribution in [3.05, 3.63) is 77.0 Å². The van der Waals surface area contributed by atoms with Crippen LogP contribution in [0.3, 0.4) is 0 Å². The number of carbonyl (C=O) groups is 2. The van der Waals surface area contributed by atoms with Crippen LogP contribution in [0.15, 0.2) is 54.7 Å². The summed E-state index contributed by atoms with van der Waals surface area (Å²) < 4.78 is 31.3. The van der Waals surface area contributed by atoms with E-state index in [0.29, 0.717) is 69.2 Å². The smallest absolute Gasteiger partial charge is 0.255 e. The van der Waals surface area contributed by atoms with Gasteiger partial charge in [0, 0.05) is 49.0 Å². The Hall–Kier alpha value is -3.21. The van der Waals surface area contributed by atoms with E-state index in [1.807, 2.05) is 24.3 Å². The maximum absolute atomic E-state index is 13.1. The summed E-state index contributed by atoms with van der Waals surface area (Å²) in [5.74, 6) is 0.325. The van der Waals surface area contributed by atoms with Gasteiger partial charge in [0.15, 0.2) is 0 Å². The molecule has 202 valence electrons. The average molecular weight is 539 g/mol. The molecule has 3 heterocycles. The number of carbonyl (C=O) groups excluding carboxylic acids is 2. The monoisotopic (exact) mass is 538 g/mol. The molecule has 2 atom stereocenters. The normalized spacial score (nSPS) is 21.8. The predicted octanol–water partition coefficient (Wildman–Crippen LogP) is 2.65. The SMILES string of the molecule is C=C1CC[C@H](N2Cc3c(OCc4ccc([C@@H](C)N5CCN(S(C)(=O)=O)CC5)cc4)cccc3C2=O)C(=O)N1. The number of rotatable bonds is 7. The fourth-order valence-electron chi connectivity index (χ4n) is 5.46. The number of nitrogens with zero attached hydrogens (tertiary/aromatic N) is 3. The zero-order valence-corrected chi connectivity index (χ0v) is 22.7. The molecule has 38 heavy (non-hydrogen) atoms. The van der Waals surface area contributed by atoms with Crippen LogP contribution in [0.4, 0.5) is 0 Å². The molecular weight excluding hydrogens is 504 g/mol. The van der Waals surface area contributed by atoms with Crippen molar-refractivity contribution in [1.29, 1.82) is 0 Å². The Bertz CT molecular complexity index is 1350. The van der Waals surface area contributed by atoms with Crippen LogP contribution in [0.1, 0.15) is 52.9 Å². The van der Waals surface area contributed by atoms with Gasteiger partial charge >= 0.3 is 0 Å². The molecule has 0 aromatic heterocycles. The second-order valence-electron chi connectivity index (χ2n) is 10.3. The van der Waals surface area contributed by atoms with Gasteiger partial charge in [0.2, 0.25) is 15.9 Å². The van der Waals surface area contributed by atoms with Gasteiger partial charge in [-0.2, -0.15) is 4.31 Å². The van der Waals surface area contributed by atoms with Gasteiger partial charge in [-0.3, -0.25) is 14.5 Å². The van der Waals surface area contributed by atoms with Crippen LogP contribution in [-0.2, 0) is 28.0 Å². The van der Waals surface area contributed by atoms with Crippen LogP contribution < -0.4 is 10.1 Å². The summed E-state index contributed by atoms with van der Waals surface area (Å²) in [5.41, 5.74) is 4.26. The Labute approximate surface area is 224 Å². The van der Waals surface area contributed by atoms with E-state index in [2.05, 4.69) is 35.9 Å². The number of piperazine rings is 1. The minimum absolute atomic E-state index is 0.145. The zero-order chi connectivity index (χ0) is 27.0. The van der Waals surface area contributed by atoms with Gasteiger partial charge in [-0.1, -0.05) is 36.9 Å². The van der Waals surface area contributed by atoms with Crippen LogP contribution in [0.25, 0.3) is 0 Å². The molecule has 0 aliphatic carbocycles. The number of hydrogen-bond acceptors (Lipinski definition) is 6. The number of benzene rings is 2. The fraction of sp³-hybridized carbons (Fsp3) is 0.429. The molecule has 9 nitrogen and oxygen atoms in total. The number of amides is 2. The van der Waals surface area contributed by atoms with Crippen molar-refractivity contribution in [3.63, 3.8) is 0 Å². The van der Waals surface area contributed by atoms with Gasteiger partial charge in [-0.15, -0.1) is 0 Å². The summed E-state index contributed by atoms with van der Waals surface area (Å²) in [4.78, 5) is 29.5. The lowest BCUT2D eigenvalue weighted by molar-refractivity contribution is -0.126. The van der Waals surface area contributed by atoms with Crippen molar-refractivity contribution in [2.75, 3.05) is 32.4 Å². The molecular formula is C28H34N4O5S. The van der Waals surface area contributed by atoms with E-state index in [-0.39, 0.29) is 17.9 Å². The van der Waals surface area contributed by atoms with Gasteiger partial charge in [-0.25, -0.2) is 8.42 Å². The molecule has 3 aliphatic heterocycles. The molecule has 2 aromatic carbocycles. The second kappa shape index (κ2) is 10.5. The van der Waals surface area contributed by atoms with Crippen molar-refractivity contribution in [2.45, 2.75) is 45.0 Å². The third-order valence-corrected chi connectivity index (χ3v) is 9.10. The fourth-order valence-corrected chi connectivity index (χ4v) is 6.29. The lowest BCUT2D eigenvalue weighted by atomic mass is 10.0. The van der Waals surface area contributed by atoms with Gasteiger partial charge in [0.1, 0.15) is 18.4 Å². The molecule has 1 N–H and O–H groups in total. The lowest BCUT2D eigenvalue weighted by Gasteiger charge is -2.37. The van der Waals surface area contributed by atoms with Crippen LogP contribution in [-0.4, -0.2) is 72.8 Å². The largest absolute Gasteiger partial charge is 0.489 e. The standard InChI is InChI=1S/C28H34N4O5S/c1-19-7-12-25(27(33)29-19)32-17-24-23(28(32)34)5-4-6-26(24)37-18-21-8-10-22(11-9-21)20(2)30-13-15-31(16-14-30)38(3,35)36/h4-6,8-11,20,25H,1,7,12-18H2,2-3H3,(H,29,33)/t20-,25+/m1/s1. The Morgan fingerprint density at radius 1 is 1.08 bits per heavy atom. The highest BCUT2D eigenvalue weighted by molar-refractivity contribution is 7.88. The van der Waals surface area contributed by atoms with Crippen molar-refractivity contribution in [1.82, 2.24) is 19.4 Å². The molecule has 0 bridgehead atoms. The first-order valence-corrected chi connectivity index (χ1v) is 14.8. The predicted molar refractivity (Wildman–Crippen MR) is 144 cm³/mol. The molecule has 0 saturated carbocycles. The van der Waals surface area contributed by atoms with E-state index < -0.39 is 16.1 Å². The third-order valence-electron chi connectivity index (χ3n) is 7.80. The molecule has 0 unspecified atom stereocenters. The van der Waals surface area contributed by atoms with Crippen molar-refractivity contribution in [3.8, 4) is 5.75 Å². The van der Waals surface area contributed by atoms with Crippen molar-refractivity contribution in [2.24, 2.45) is 0 Å². The molecule has 2 fully saturated rings. The van der Waals surface area contributed by atoms with E-state index in [1.165, 1.54) is 10.6 Å². The average Bonchev–Trinajstić information content (AvgIpc) is 3.23. The van der Waals surface area contributed by atoms with E-state index in [1.54, 1.807) is 11.0 Å². The van der Waals surface area contributed by atoms with E-state index in [0.717, 1.165) is 16.7 Å². The summed E-state index contributed by atoms with van der Waals surface area (Å²) in [5, 5.41) is 2.77. The third kappa shape index (κ3) is 5.34.